The Balaban J connectivity index is 2.57. The Hall–Kier alpha value is -1.18. The van der Waals surface area contributed by atoms with Crippen molar-refractivity contribution >= 4 is 10.3 Å². The third-order valence-electron chi connectivity index (χ3n) is 1.41. The highest BCUT2D eigenvalue weighted by atomic mass is 32.2. The third-order valence-corrected chi connectivity index (χ3v) is 2.33. The number of nitrogens with one attached hydrogen (secondary N) is 1. The van der Waals surface area contributed by atoms with E-state index in [4.69, 9.17) is 5.73 Å². The first kappa shape index (κ1) is 11.9. The van der Waals surface area contributed by atoms with Gasteiger partial charge in [0.2, 0.25) is 5.88 Å². The molecule has 0 saturated heterocycles. The van der Waals surface area contributed by atoms with E-state index >= 15 is 0 Å². The fourth-order valence-corrected chi connectivity index (χ4v) is 1.62. The maximum atomic E-state index is 11.3. The summed E-state index contributed by atoms with van der Waals surface area (Å²) in [5.74, 6) is 0.0228. The Morgan fingerprint density at radius 1 is 1.60 bits per heavy atom. The minimum absolute atomic E-state index is 0.0228. The minimum atomic E-state index is -3.82. The van der Waals surface area contributed by atoms with Crippen LogP contribution in [-0.4, -0.2) is 26.0 Å². The lowest BCUT2D eigenvalue weighted by molar-refractivity contribution is 0.459. The van der Waals surface area contributed by atoms with Crippen LogP contribution in [0.1, 0.15) is 6.92 Å². The maximum absolute atomic E-state index is 11.3. The van der Waals surface area contributed by atoms with Gasteiger partial charge in [0.05, 0.1) is 0 Å². The molecule has 0 amide bonds. The molecule has 0 aliphatic heterocycles. The van der Waals surface area contributed by atoms with Gasteiger partial charge in [-0.2, -0.15) is 13.1 Å². The SMILES string of the molecule is CC(N)CNS(=O)(=O)Oc1ccccn1. The topological polar surface area (TPSA) is 94.3 Å². The first-order valence-corrected chi connectivity index (χ1v) is 5.76. The third kappa shape index (κ3) is 4.73. The van der Waals surface area contributed by atoms with Gasteiger partial charge < -0.3 is 9.92 Å². The molecule has 1 atom stereocenters. The van der Waals surface area contributed by atoms with Gasteiger partial charge >= 0.3 is 10.3 Å². The summed E-state index contributed by atoms with van der Waals surface area (Å²) in [5.41, 5.74) is 5.39. The van der Waals surface area contributed by atoms with Crippen LogP contribution in [-0.2, 0) is 10.3 Å². The van der Waals surface area contributed by atoms with Crippen LogP contribution in [0.4, 0.5) is 0 Å². The van der Waals surface area contributed by atoms with Crippen LogP contribution in [0, 0.1) is 0 Å². The number of hydrogen-bond acceptors (Lipinski definition) is 5. The van der Waals surface area contributed by atoms with Crippen molar-refractivity contribution in [3.63, 3.8) is 0 Å². The molecule has 0 radical (unpaired) electrons. The molecule has 0 fully saturated rings. The molecule has 7 heteroatoms. The number of rotatable bonds is 5. The number of nitrogens with zero attached hydrogens (tertiary/aromatic N) is 1. The summed E-state index contributed by atoms with van der Waals surface area (Å²) in [7, 11) is -3.82. The molecule has 1 unspecified atom stereocenters. The molecule has 15 heavy (non-hydrogen) atoms. The van der Waals surface area contributed by atoms with Crippen LogP contribution >= 0.6 is 0 Å². The molecular formula is C8H13N3O3S. The largest absolute Gasteiger partial charge is 0.384 e. The number of nitrogens with two attached hydrogens (primary N) is 1. The Morgan fingerprint density at radius 3 is 2.87 bits per heavy atom. The first-order valence-electron chi connectivity index (χ1n) is 4.35. The van der Waals surface area contributed by atoms with Crippen molar-refractivity contribution in [2.75, 3.05) is 6.54 Å². The van der Waals surface area contributed by atoms with Crippen LogP contribution in [0.15, 0.2) is 24.4 Å². The Morgan fingerprint density at radius 2 is 2.33 bits per heavy atom. The van der Waals surface area contributed by atoms with Crippen LogP contribution in [0.3, 0.4) is 0 Å². The number of hydrogen-bond donors (Lipinski definition) is 2. The molecule has 0 aromatic carbocycles. The van der Waals surface area contributed by atoms with Crippen molar-refractivity contribution in [3.05, 3.63) is 24.4 Å². The second kappa shape index (κ2) is 5.06. The van der Waals surface area contributed by atoms with E-state index in [1.54, 1.807) is 19.1 Å². The smallest absolute Gasteiger partial charge is 0.350 e. The van der Waals surface area contributed by atoms with E-state index < -0.39 is 10.3 Å². The van der Waals surface area contributed by atoms with Gasteiger partial charge in [-0.3, -0.25) is 0 Å². The van der Waals surface area contributed by atoms with Gasteiger partial charge in [-0.05, 0) is 13.0 Å². The highest BCUT2D eigenvalue weighted by Gasteiger charge is 2.12. The summed E-state index contributed by atoms with van der Waals surface area (Å²) in [6.07, 6.45) is 1.44. The zero-order valence-electron chi connectivity index (χ0n) is 8.25. The molecule has 0 saturated carbocycles. The molecule has 3 N–H and O–H groups in total. The average molecular weight is 231 g/mol. The molecule has 1 aromatic heterocycles. The van der Waals surface area contributed by atoms with Crippen molar-refractivity contribution in [1.82, 2.24) is 9.71 Å². The standard InChI is InChI=1S/C8H13N3O3S/c1-7(9)6-11-15(12,13)14-8-4-2-3-5-10-8/h2-5,7,11H,6,9H2,1H3. The maximum Gasteiger partial charge on any atom is 0.384 e. The molecule has 6 nitrogen and oxygen atoms in total. The molecule has 1 heterocycles. The van der Waals surface area contributed by atoms with Crippen molar-refractivity contribution in [3.8, 4) is 5.88 Å². The molecule has 0 aliphatic rings. The van der Waals surface area contributed by atoms with Crippen molar-refractivity contribution < 1.29 is 12.6 Å². The van der Waals surface area contributed by atoms with E-state index in [1.165, 1.54) is 12.3 Å². The number of pyridine rings is 1. The van der Waals surface area contributed by atoms with E-state index in [9.17, 15) is 8.42 Å². The van der Waals surface area contributed by atoms with Crippen LogP contribution < -0.4 is 14.6 Å². The lowest BCUT2D eigenvalue weighted by Crippen LogP contribution is -2.37. The van der Waals surface area contributed by atoms with Crippen molar-refractivity contribution in [2.24, 2.45) is 5.73 Å². The summed E-state index contributed by atoms with van der Waals surface area (Å²) in [4.78, 5) is 3.72. The highest BCUT2D eigenvalue weighted by Crippen LogP contribution is 2.05. The molecule has 1 rings (SSSR count). The number of aromatic nitrogens is 1. The zero-order valence-corrected chi connectivity index (χ0v) is 9.07. The Kier molecular flexibility index (Phi) is 4.01. The second-order valence-corrected chi connectivity index (χ2v) is 4.39. The summed E-state index contributed by atoms with van der Waals surface area (Å²) in [6, 6.07) is 4.47. The second-order valence-electron chi connectivity index (χ2n) is 3.03. The zero-order chi connectivity index (χ0) is 11.3. The van der Waals surface area contributed by atoms with Crippen LogP contribution in [0.5, 0.6) is 5.88 Å². The molecular weight excluding hydrogens is 218 g/mol. The van der Waals surface area contributed by atoms with Gasteiger partial charge in [-0.25, -0.2) is 4.98 Å². The predicted octanol–water partition coefficient (Wildman–Crippen LogP) is -0.358. The average Bonchev–Trinajstić information content (AvgIpc) is 2.16. The molecule has 0 aliphatic carbocycles. The van der Waals surface area contributed by atoms with Gasteiger partial charge in [0.15, 0.2) is 0 Å². The van der Waals surface area contributed by atoms with E-state index in [2.05, 4.69) is 13.9 Å². The Labute approximate surface area is 88.7 Å². The van der Waals surface area contributed by atoms with Gasteiger partial charge in [0.1, 0.15) is 0 Å². The fraction of sp³-hybridized carbons (Fsp3) is 0.375. The summed E-state index contributed by atoms with van der Waals surface area (Å²) < 4.78 is 29.4. The van der Waals surface area contributed by atoms with Gasteiger partial charge in [0, 0.05) is 24.8 Å². The summed E-state index contributed by atoms with van der Waals surface area (Å²) in [6.45, 7) is 1.80. The highest BCUT2D eigenvalue weighted by molar-refractivity contribution is 7.85. The van der Waals surface area contributed by atoms with Gasteiger partial charge in [0.25, 0.3) is 0 Å². The monoisotopic (exact) mass is 231 g/mol. The minimum Gasteiger partial charge on any atom is -0.350 e. The first-order chi connectivity index (χ1) is 6.99. The lowest BCUT2D eigenvalue weighted by Gasteiger charge is -2.08. The van der Waals surface area contributed by atoms with E-state index in [1.807, 2.05) is 0 Å². The molecule has 0 bridgehead atoms. The summed E-state index contributed by atoms with van der Waals surface area (Å²) >= 11 is 0. The van der Waals surface area contributed by atoms with E-state index in [0.29, 0.717) is 0 Å². The van der Waals surface area contributed by atoms with Crippen molar-refractivity contribution in [2.45, 2.75) is 13.0 Å². The quantitative estimate of drug-likeness (QED) is 0.721. The van der Waals surface area contributed by atoms with E-state index in [0.717, 1.165) is 0 Å². The summed E-state index contributed by atoms with van der Waals surface area (Å²) in [5, 5.41) is 0. The van der Waals surface area contributed by atoms with Gasteiger partial charge in [-0.15, -0.1) is 0 Å². The molecule has 1 aromatic rings. The van der Waals surface area contributed by atoms with Crippen LogP contribution in [0.2, 0.25) is 0 Å². The molecule has 84 valence electrons. The lowest BCUT2D eigenvalue weighted by atomic mass is 10.4. The fourth-order valence-electron chi connectivity index (χ4n) is 0.772. The van der Waals surface area contributed by atoms with Gasteiger partial charge in [-0.1, -0.05) is 6.07 Å². The predicted molar refractivity (Wildman–Crippen MR) is 55.4 cm³/mol. The normalized spacial score (nSPS) is 13.5. The van der Waals surface area contributed by atoms with E-state index in [-0.39, 0.29) is 18.5 Å². The van der Waals surface area contributed by atoms with Crippen molar-refractivity contribution in [1.29, 1.82) is 0 Å². The van der Waals surface area contributed by atoms with Crippen LogP contribution in [0.25, 0.3) is 0 Å². The molecule has 0 spiro atoms. The Bertz CT molecular complexity index is 391.